The second kappa shape index (κ2) is 5.83. The van der Waals surface area contributed by atoms with Crippen molar-refractivity contribution in [2.45, 2.75) is 0 Å². The number of non-ortho nitro benzene ring substituents is 1. The summed E-state index contributed by atoms with van der Waals surface area (Å²) >= 11 is 0. The zero-order chi connectivity index (χ0) is 15.4. The highest BCUT2D eigenvalue weighted by atomic mass is 16.6. The van der Waals surface area contributed by atoms with E-state index in [4.69, 9.17) is 5.11 Å². The number of anilines is 1. The van der Waals surface area contributed by atoms with E-state index in [1.165, 1.54) is 6.07 Å². The summed E-state index contributed by atoms with van der Waals surface area (Å²) in [6.45, 7) is 0. The van der Waals surface area contributed by atoms with Gasteiger partial charge in [0.2, 0.25) is 0 Å². The predicted molar refractivity (Wildman–Crippen MR) is 74.5 cm³/mol. The Morgan fingerprint density at radius 3 is 2.33 bits per heavy atom. The highest BCUT2D eigenvalue weighted by Crippen LogP contribution is 2.22. The number of nitro groups is 1. The molecule has 0 bridgehead atoms. The quantitative estimate of drug-likeness (QED) is 0.663. The SMILES string of the molecule is O=C(Nc1ccc([N+](=O)[O-])cc1C(=O)O)c1ccccc1. The van der Waals surface area contributed by atoms with Crippen LogP contribution in [-0.2, 0) is 0 Å². The van der Waals surface area contributed by atoms with E-state index in [0.717, 1.165) is 12.1 Å². The predicted octanol–water partition coefficient (Wildman–Crippen LogP) is 2.55. The number of nitrogens with one attached hydrogen (secondary N) is 1. The number of hydrogen-bond donors (Lipinski definition) is 2. The van der Waals surface area contributed by atoms with Crippen LogP contribution < -0.4 is 5.32 Å². The lowest BCUT2D eigenvalue weighted by atomic mass is 10.1. The van der Waals surface area contributed by atoms with Gasteiger partial charge >= 0.3 is 5.97 Å². The minimum atomic E-state index is -1.36. The van der Waals surface area contributed by atoms with Crippen molar-refractivity contribution >= 4 is 23.3 Å². The van der Waals surface area contributed by atoms with Crippen molar-refractivity contribution in [2.24, 2.45) is 0 Å². The molecule has 0 unspecified atom stereocenters. The highest BCUT2D eigenvalue weighted by molar-refractivity contribution is 6.07. The van der Waals surface area contributed by atoms with E-state index in [-0.39, 0.29) is 16.9 Å². The largest absolute Gasteiger partial charge is 0.478 e. The first-order valence-corrected chi connectivity index (χ1v) is 5.87. The number of nitrogens with zero attached hydrogens (tertiary/aromatic N) is 1. The smallest absolute Gasteiger partial charge is 0.338 e. The molecule has 0 heterocycles. The number of rotatable bonds is 4. The van der Waals surface area contributed by atoms with Gasteiger partial charge < -0.3 is 10.4 Å². The molecule has 7 heteroatoms. The van der Waals surface area contributed by atoms with Gasteiger partial charge in [0.25, 0.3) is 11.6 Å². The summed E-state index contributed by atoms with van der Waals surface area (Å²) in [5, 5.41) is 22.2. The number of nitro benzene ring substituents is 1. The van der Waals surface area contributed by atoms with Crippen molar-refractivity contribution in [2.75, 3.05) is 5.32 Å². The molecule has 0 aromatic heterocycles. The molecule has 0 atom stereocenters. The van der Waals surface area contributed by atoms with Crippen LogP contribution in [0.5, 0.6) is 0 Å². The number of carboxylic acid groups (broad SMARTS) is 1. The number of amides is 1. The standard InChI is InChI=1S/C14H10N2O5/c17-13(9-4-2-1-3-5-9)15-12-7-6-10(16(20)21)8-11(12)14(18)19/h1-8H,(H,15,17)(H,18,19). The van der Waals surface area contributed by atoms with Crippen LogP contribution in [0.4, 0.5) is 11.4 Å². The number of carbonyl (C=O) groups excluding carboxylic acids is 1. The summed E-state index contributed by atoms with van der Waals surface area (Å²) in [5.41, 5.74) is -0.340. The minimum absolute atomic E-state index is 0.00181. The van der Waals surface area contributed by atoms with Gasteiger partial charge in [-0.15, -0.1) is 0 Å². The van der Waals surface area contributed by atoms with Crippen LogP contribution in [0, 0.1) is 10.1 Å². The molecular weight excluding hydrogens is 276 g/mol. The number of carbonyl (C=O) groups is 2. The maximum Gasteiger partial charge on any atom is 0.338 e. The molecule has 0 saturated carbocycles. The number of hydrogen-bond acceptors (Lipinski definition) is 4. The number of aromatic carboxylic acids is 1. The van der Waals surface area contributed by atoms with Crippen molar-refractivity contribution in [3.05, 3.63) is 69.8 Å². The van der Waals surface area contributed by atoms with Gasteiger partial charge in [-0.25, -0.2) is 4.79 Å². The van der Waals surface area contributed by atoms with Crippen LogP contribution in [0.15, 0.2) is 48.5 Å². The first-order chi connectivity index (χ1) is 9.99. The summed E-state index contributed by atoms with van der Waals surface area (Å²) in [4.78, 5) is 33.1. The number of benzene rings is 2. The average molecular weight is 286 g/mol. The van der Waals surface area contributed by atoms with E-state index >= 15 is 0 Å². The maximum atomic E-state index is 12.0. The first kappa shape index (κ1) is 14.2. The van der Waals surface area contributed by atoms with Crippen LogP contribution in [0.3, 0.4) is 0 Å². The molecule has 2 rings (SSSR count). The lowest BCUT2D eigenvalue weighted by Gasteiger charge is -2.08. The van der Waals surface area contributed by atoms with Crippen LogP contribution in [0.2, 0.25) is 0 Å². The highest BCUT2D eigenvalue weighted by Gasteiger charge is 2.17. The number of carboxylic acids is 1. The van der Waals surface area contributed by atoms with E-state index < -0.39 is 16.8 Å². The summed E-state index contributed by atoms with van der Waals surface area (Å²) in [5.74, 6) is -1.85. The molecule has 2 aromatic rings. The Bertz CT molecular complexity index is 713. The van der Waals surface area contributed by atoms with E-state index in [9.17, 15) is 19.7 Å². The maximum absolute atomic E-state index is 12.0. The van der Waals surface area contributed by atoms with Crippen molar-refractivity contribution in [3.8, 4) is 0 Å². The molecule has 21 heavy (non-hydrogen) atoms. The van der Waals surface area contributed by atoms with Crippen molar-refractivity contribution in [1.29, 1.82) is 0 Å². The normalized spacial score (nSPS) is 9.90. The molecule has 2 N–H and O–H groups in total. The minimum Gasteiger partial charge on any atom is -0.478 e. The molecule has 0 aliphatic heterocycles. The third-order valence-electron chi connectivity index (χ3n) is 2.73. The topological polar surface area (TPSA) is 110 Å². The van der Waals surface area contributed by atoms with Crippen molar-refractivity contribution in [1.82, 2.24) is 0 Å². The second-order valence-electron chi connectivity index (χ2n) is 4.11. The van der Waals surface area contributed by atoms with Gasteiger partial charge in [-0.2, -0.15) is 0 Å². The summed E-state index contributed by atoms with van der Waals surface area (Å²) in [6.07, 6.45) is 0. The average Bonchev–Trinajstić information content (AvgIpc) is 2.48. The summed E-state index contributed by atoms with van der Waals surface area (Å²) in [6, 6.07) is 11.5. The van der Waals surface area contributed by atoms with Crippen molar-refractivity contribution < 1.29 is 19.6 Å². The van der Waals surface area contributed by atoms with Gasteiger partial charge in [-0.3, -0.25) is 14.9 Å². The van der Waals surface area contributed by atoms with E-state index in [2.05, 4.69) is 5.32 Å². The van der Waals surface area contributed by atoms with Crippen LogP contribution in [0.25, 0.3) is 0 Å². The van der Waals surface area contributed by atoms with Crippen molar-refractivity contribution in [3.63, 3.8) is 0 Å². The summed E-state index contributed by atoms with van der Waals surface area (Å²) < 4.78 is 0. The Labute approximate surface area is 119 Å². The van der Waals surface area contributed by atoms with E-state index in [1.54, 1.807) is 30.3 Å². The molecule has 1 amide bonds. The lowest BCUT2D eigenvalue weighted by Crippen LogP contribution is -2.14. The molecule has 0 aliphatic rings. The molecule has 0 saturated heterocycles. The monoisotopic (exact) mass is 286 g/mol. The molecule has 106 valence electrons. The molecule has 0 fully saturated rings. The Balaban J connectivity index is 2.34. The lowest BCUT2D eigenvalue weighted by molar-refractivity contribution is -0.384. The fourth-order valence-electron chi connectivity index (χ4n) is 1.72. The fourth-order valence-corrected chi connectivity index (χ4v) is 1.72. The first-order valence-electron chi connectivity index (χ1n) is 5.87. The third kappa shape index (κ3) is 3.21. The van der Waals surface area contributed by atoms with Gasteiger partial charge in [-0.1, -0.05) is 18.2 Å². The molecule has 0 spiro atoms. The van der Waals surface area contributed by atoms with E-state index in [1.807, 2.05) is 0 Å². The van der Waals surface area contributed by atoms with Gasteiger partial charge in [-0.05, 0) is 18.2 Å². The molecular formula is C14H10N2O5. The van der Waals surface area contributed by atoms with Gasteiger partial charge in [0.05, 0.1) is 16.2 Å². The van der Waals surface area contributed by atoms with Crippen LogP contribution >= 0.6 is 0 Å². The van der Waals surface area contributed by atoms with Crippen LogP contribution in [0.1, 0.15) is 20.7 Å². The van der Waals surface area contributed by atoms with E-state index in [0.29, 0.717) is 5.56 Å². The van der Waals surface area contributed by atoms with Gasteiger partial charge in [0.15, 0.2) is 0 Å². The molecule has 2 aromatic carbocycles. The Morgan fingerprint density at radius 2 is 1.76 bits per heavy atom. The van der Waals surface area contributed by atoms with Gasteiger partial charge in [0, 0.05) is 17.7 Å². The van der Waals surface area contributed by atoms with Crippen LogP contribution in [-0.4, -0.2) is 21.9 Å². The zero-order valence-corrected chi connectivity index (χ0v) is 10.6. The zero-order valence-electron chi connectivity index (χ0n) is 10.6. The molecule has 0 aliphatic carbocycles. The Morgan fingerprint density at radius 1 is 1.10 bits per heavy atom. The fraction of sp³-hybridized carbons (Fsp3) is 0. The molecule has 0 radical (unpaired) electrons. The Kier molecular flexibility index (Phi) is 3.94. The Hall–Kier alpha value is -3.22. The molecule has 7 nitrogen and oxygen atoms in total. The third-order valence-corrected chi connectivity index (χ3v) is 2.73. The summed E-state index contributed by atoms with van der Waals surface area (Å²) in [7, 11) is 0. The second-order valence-corrected chi connectivity index (χ2v) is 4.11. The van der Waals surface area contributed by atoms with Gasteiger partial charge in [0.1, 0.15) is 0 Å².